The number of ether oxygens (including phenoxy) is 1. The highest BCUT2D eigenvalue weighted by molar-refractivity contribution is 5.90. The van der Waals surface area contributed by atoms with E-state index in [9.17, 15) is 14.4 Å². The maximum Gasteiger partial charge on any atom is 0.335 e. The van der Waals surface area contributed by atoms with E-state index in [2.05, 4.69) is 6.07 Å². The monoisotopic (exact) mass is 274 g/mol. The molecule has 0 aliphatic heterocycles. The molecule has 2 atom stereocenters. The van der Waals surface area contributed by atoms with Crippen LogP contribution in [0.4, 0.5) is 4.39 Å². The van der Waals surface area contributed by atoms with Gasteiger partial charge in [0.15, 0.2) is 0 Å². The van der Waals surface area contributed by atoms with Gasteiger partial charge in [0.05, 0.1) is 18.8 Å². The fraction of sp³-hybridized carbons (Fsp3) is 0.333. The molecule has 0 radical (unpaired) electrons. The Morgan fingerprint density at radius 2 is 2.10 bits per heavy atom. The van der Waals surface area contributed by atoms with E-state index in [0.717, 1.165) is 5.56 Å². The predicted molar refractivity (Wildman–Crippen MR) is 70.7 cm³/mol. The minimum atomic E-state index is -0.999. The summed E-state index contributed by atoms with van der Waals surface area (Å²) < 4.78 is 17.7. The summed E-state index contributed by atoms with van der Waals surface area (Å²) in [4.78, 5) is 11.7. The molecule has 2 N–H and O–H groups in total. The number of carbonyl (C=O) groups is 1. The second-order valence-corrected chi connectivity index (χ2v) is 5.01. The molecule has 1 aliphatic rings. The molecule has 0 saturated heterocycles. The van der Waals surface area contributed by atoms with Gasteiger partial charge >= 0.3 is 5.97 Å². The van der Waals surface area contributed by atoms with Gasteiger partial charge in [-0.2, -0.15) is 5.26 Å². The fourth-order valence-corrected chi connectivity index (χ4v) is 2.62. The van der Waals surface area contributed by atoms with Crippen LogP contribution >= 0.6 is 0 Å². The van der Waals surface area contributed by atoms with Crippen molar-refractivity contribution in [1.29, 1.82) is 5.26 Å². The van der Waals surface area contributed by atoms with Crippen LogP contribution in [-0.4, -0.2) is 13.1 Å². The van der Waals surface area contributed by atoms with Crippen molar-refractivity contribution in [2.75, 3.05) is 7.11 Å². The van der Waals surface area contributed by atoms with Crippen molar-refractivity contribution in [3.63, 3.8) is 0 Å². The van der Waals surface area contributed by atoms with Crippen LogP contribution in [0.3, 0.4) is 0 Å². The molecular formula is C15H15FN2O2. The van der Waals surface area contributed by atoms with Gasteiger partial charge in [0.2, 0.25) is 0 Å². The maximum absolute atomic E-state index is 13.0. The van der Waals surface area contributed by atoms with Crippen LogP contribution in [0.15, 0.2) is 35.5 Å². The highest BCUT2D eigenvalue weighted by Gasteiger charge is 2.47. The van der Waals surface area contributed by atoms with E-state index in [1.165, 1.54) is 19.2 Å². The molecule has 1 aromatic rings. The summed E-state index contributed by atoms with van der Waals surface area (Å²) >= 11 is 0. The van der Waals surface area contributed by atoms with Crippen LogP contribution < -0.4 is 5.73 Å². The fourth-order valence-electron chi connectivity index (χ4n) is 2.62. The number of nitrogens with two attached hydrogens (primary N) is 1. The molecule has 2 rings (SSSR count). The molecule has 0 unspecified atom stereocenters. The number of carbonyl (C=O) groups excluding carboxylic acids is 1. The Hall–Kier alpha value is -2.35. The van der Waals surface area contributed by atoms with E-state index in [-0.39, 0.29) is 17.4 Å². The Morgan fingerprint density at radius 1 is 1.50 bits per heavy atom. The molecule has 0 saturated carbocycles. The summed E-state index contributed by atoms with van der Waals surface area (Å²) in [7, 11) is 1.28. The van der Waals surface area contributed by atoms with Crippen molar-refractivity contribution < 1.29 is 13.9 Å². The van der Waals surface area contributed by atoms with Crippen LogP contribution in [0.25, 0.3) is 0 Å². The lowest BCUT2D eigenvalue weighted by molar-refractivity contribution is -0.136. The number of halogens is 1. The number of hydrogen-bond acceptors (Lipinski definition) is 4. The molecule has 0 fully saturated rings. The molecular weight excluding hydrogens is 259 g/mol. The quantitative estimate of drug-likeness (QED) is 0.839. The maximum atomic E-state index is 13.0. The van der Waals surface area contributed by atoms with Gasteiger partial charge in [-0.25, -0.2) is 9.18 Å². The summed E-state index contributed by atoms with van der Waals surface area (Å²) in [5.74, 6) is -1.16. The summed E-state index contributed by atoms with van der Waals surface area (Å²) in [6.07, 6.45) is 0.314. The molecule has 1 aromatic carbocycles. The van der Waals surface area contributed by atoms with E-state index >= 15 is 0 Å². The topological polar surface area (TPSA) is 76.1 Å². The first-order chi connectivity index (χ1) is 9.43. The molecule has 20 heavy (non-hydrogen) atoms. The first-order valence-electron chi connectivity index (χ1n) is 6.18. The van der Waals surface area contributed by atoms with Crippen LogP contribution in [-0.2, 0) is 9.53 Å². The van der Waals surface area contributed by atoms with Crippen molar-refractivity contribution in [2.45, 2.75) is 19.3 Å². The standard InChI is InChI=1S/C15H15FN2O2/c1-15(8-17)12(9-3-5-10(16)6-4-9)7-11(13(15)18)14(19)20-2/h3-6,12H,7,18H2,1-2H3/t12-,15+/m0/s1. The first-order valence-corrected chi connectivity index (χ1v) is 6.18. The Bertz CT molecular complexity index is 616. The number of benzene rings is 1. The predicted octanol–water partition coefficient (Wildman–Crippen LogP) is 2.23. The smallest absolute Gasteiger partial charge is 0.335 e. The molecule has 0 spiro atoms. The van der Waals surface area contributed by atoms with E-state index in [1.807, 2.05) is 0 Å². The zero-order valence-corrected chi connectivity index (χ0v) is 11.3. The van der Waals surface area contributed by atoms with Crippen molar-refractivity contribution in [3.05, 3.63) is 46.9 Å². The Balaban J connectivity index is 2.46. The summed E-state index contributed by atoms with van der Waals surface area (Å²) in [5, 5.41) is 9.46. The van der Waals surface area contributed by atoms with Gasteiger partial charge in [-0.05, 0) is 31.0 Å². The van der Waals surface area contributed by atoms with Gasteiger partial charge in [0, 0.05) is 11.6 Å². The van der Waals surface area contributed by atoms with Gasteiger partial charge < -0.3 is 10.5 Å². The Kier molecular flexibility index (Phi) is 3.49. The number of nitriles is 1. The number of hydrogen-bond donors (Lipinski definition) is 1. The summed E-state index contributed by atoms with van der Waals surface area (Å²) in [6, 6.07) is 8.07. The molecule has 0 aromatic heterocycles. The second-order valence-electron chi connectivity index (χ2n) is 5.01. The second kappa shape index (κ2) is 4.97. The van der Waals surface area contributed by atoms with E-state index in [1.54, 1.807) is 19.1 Å². The SMILES string of the molecule is COC(=O)C1=C(N)[C@](C)(C#N)[C@H](c2ccc(F)cc2)C1. The van der Waals surface area contributed by atoms with Crippen LogP contribution in [0.1, 0.15) is 24.8 Å². The number of methoxy groups -OCH3 is 1. The molecule has 5 heteroatoms. The highest BCUT2D eigenvalue weighted by Crippen LogP contribution is 2.50. The van der Waals surface area contributed by atoms with Gasteiger partial charge in [-0.3, -0.25) is 0 Å². The number of rotatable bonds is 2. The molecule has 104 valence electrons. The molecule has 4 nitrogen and oxygen atoms in total. The van der Waals surface area contributed by atoms with E-state index in [0.29, 0.717) is 12.0 Å². The number of nitrogens with zero attached hydrogens (tertiary/aromatic N) is 1. The minimum Gasteiger partial charge on any atom is -0.466 e. The lowest BCUT2D eigenvalue weighted by Gasteiger charge is -2.26. The molecule has 0 amide bonds. The zero-order valence-electron chi connectivity index (χ0n) is 11.3. The van der Waals surface area contributed by atoms with E-state index < -0.39 is 11.4 Å². The van der Waals surface area contributed by atoms with Crippen molar-refractivity contribution >= 4 is 5.97 Å². The number of allylic oxidation sites excluding steroid dienone is 1. The summed E-state index contributed by atoms with van der Waals surface area (Å²) in [6.45, 7) is 1.69. The highest BCUT2D eigenvalue weighted by atomic mass is 19.1. The average Bonchev–Trinajstić information content (AvgIpc) is 2.73. The van der Waals surface area contributed by atoms with Gasteiger partial charge in [-0.1, -0.05) is 12.1 Å². The molecule has 0 heterocycles. The molecule has 1 aliphatic carbocycles. The van der Waals surface area contributed by atoms with Crippen LogP contribution in [0, 0.1) is 22.6 Å². The van der Waals surface area contributed by atoms with Crippen LogP contribution in [0.5, 0.6) is 0 Å². The Labute approximate surface area is 116 Å². The van der Waals surface area contributed by atoms with Crippen molar-refractivity contribution in [2.24, 2.45) is 11.1 Å². The van der Waals surface area contributed by atoms with Crippen LogP contribution in [0.2, 0.25) is 0 Å². The lowest BCUT2D eigenvalue weighted by Crippen LogP contribution is -2.26. The zero-order chi connectivity index (χ0) is 14.9. The summed E-state index contributed by atoms with van der Waals surface area (Å²) in [5.41, 5.74) is 6.32. The number of esters is 1. The third-order valence-electron chi connectivity index (χ3n) is 3.93. The largest absolute Gasteiger partial charge is 0.466 e. The Morgan fingerprint density at radius 3 is 2.60 bits per heavy atom. The normalized spacial score (nSPS) is 25.4. The third kappa shape index (κ3) is 2.03. The van der Waals surface area contributed by atoms with Crippen molar-refractivity contribution in [1.82, 2.24) is 0 Å². The van der Waals surface area contributed by atoms with Gasteiger partial charge in [0.1, 0.15) is 11.2 Å². The van der Waals surface area contributed by atoms with E-state index in [4.69, 9.17) is 10.5 Å². The lowest BCUT2D eigenvalue weighted by atomic mass is 9.76. The average molecular weight is 274 g/mol. The minimum absolute atomic E-state index is 0.237. The third-order valence-corrected chi connectivity index (χ3v) is 3.93. The van der Waals surface area contributed by atoms with Gasteiger partial charge in [-0.15, -0.1) is 0 Å². The van der Waals surface area contributed by atoms with Crippen molar-refractivity contribution in [3.8, 4) is 6.07 Å². The first kappa shape index (κ1) is 14.1. The molecule has 0 bridgehead atoms. The van der Waals surface area contributed by atoms with Gasteiger partial charge in [0.25, 0.3) is 0 Å².